The molecule has 0 aromatic heterocycles. The SMILES string of the molecule is CNc1cc(S(=O)(=O)NCCCS(C)=O)ccc1[N+](=O)[O-]. The number of sulfonamides is 1. The second-order valence-corrected chi connectivity index (χ2v) is 7.54. The van der Waals surface area contributed by atoms with Crippen molar-refractivity contribution in [3.8, 4) is 0 Å². The average molecular weight is 335 g/mol. The van der Waals surface area contributed by atoms with Crippen LogP contribution >= 0.6 is 0 Å². The van der Waals surface area contributed by atoms with Gasteiger partial charge >= 0.3 is 0 Å². The third kappa shape index (κ3) is 5.06. The second-order valence-electron chi connectivity index (χ2n) is 4.21. The van der Waals surface area contributed by atoms with Gasteiger partial charge in [-0.1, -0.05) is 0 Å². The van der Waals surface area contributed by atoms with Crippen LogP contribution in [0.3, 0.4) is 0 Å². The molecular weight excluding hydrogens is 318 g/mol. The van der Waals surface area contributed by atoms with Crippen molar-refractivity contribution in [1.29, 1.82) is 0 Å². The van der Waals surface area contributed by atoms with Gasteiger partial charge in [-0.15, -0.1) is 0 Å². The molecule has 0 aliphatic carbocycles. The van der Waals surface area contributed by atoms with Crippen molar-refractivity contribution in [3.05, 3.63) is 28.3 Å². The summed E-state index contributed by atoms with van der Waals surface area (Å²) in [5.74, 6) is 0.407. The maximum atomic E-state index is 12.0. The molecule has 0 fully saturated rings. The lowest BCUT2D eigenvalue weighted by molar-refractivity contribution is -0.384. The van der Waals surface area contributed by atoms with Crippen LogP contribution in [-0.2, 0) is 20.8 Å². The zero-order valence-corrected chi connectivity index (χ0v) is 13.3. The van der Waals surface area contributed by atoms with Gasteiger partial charge in [0.25, 0.3) is 5.69 Å². The Hall–Kier alpha value is -1.52. The molecule has 21 heavy (non-hydrogen) atoms. The minimum absolute atomic E-state index is 0.0601. The fraction of sp³-hybridized carbons (Fsp3) is 0.455. The summed E-state index contributed by atoms with van der Waals surface area (Å²) in [6, 6.07) is 3.53. The number of nitrogens with zero attached hydrogens (tertiary/aromatic N) is 1. The summed E-state index contributed by atoms with van der Waals surface area (Å²) in [5, 5.41) is 13.4. The fourth-order valence-corrected chi connectivity index (χ4v) is 3.26. The predicted molar refractivity (Wildman–Crippen MR) is 81.4 cm³/mol. The molecule has 0 radical (unpaired) electrons. The number of anilines is 1. The van der Waals surface area contributed by atoms with Crippen molar-refractivity contribution in [3.63, 3.8) is 0 Å². The van der Waals surface area contributed by atoms with Gasteiger partial charge in [-0.2, -0.15) is 0 Å². The van der Waals surface area contributed by atoms with Crippen molar-refractivity contribution >= 4 is 32.2 Å². The van der Waals surface area contributed by atoms with Gasteiger partial charge < -0.3 is 5.32 Å². The van der Waals surface area contributed by atoms with E-state index in [1.807, 2.05) is 0 Å². The Bertz CT molecular complexity index is 645. The van der Waals surface area contributed by atoms with E-state index in [-0.39, 0.29) is 22.8 Å². The lowest BCUT2D eigenvalue weighted by Gasteiger charge is -2.08. The Kier molecular flexibility index (Phi) is 6.24. The van der Waals surface area contributed by atoms with E-state index in [0.29, 0.717) is 12.2 Å². The van der Waals surface area contributed by atoms with Crippen LogP contribution in [0.2, 0.25) is 0 Å². The van der Waals surface area contributed by atoms with Gasteiger partial charge in [-0.25, -0.2) is 13.1 Å². The molecule has 0 bridgehead atoms. The third-order valence-electron chi connectivity index (χ3n) is 2.65. The first-order valence-electron chi connectivity index (χ1n) is 6.04. The quantitative estimate of drug-likeness (QED) is 0.410. The summed E-state index contributed by atoms with van der Waals surface area (Å²) in [5.41, 5.74) is -0.0737. The summed E-state index contributed by atoms with van der Waals surface area (Å²) < 4.78 is 37.3. The van der Waals surface area contributed by atoms with E-state index in [1.165, 1.54) is 19.2 Å². The van der Waals surface area contributed by atoms with Crippen molar-refractivity contribution in [1.82, 2.24) is 4.72 Å². The van der Waals surface area contributed by atoms with E-state index >= 15 is 0 Å². The highest BCUT2D eigenvalue weighted by atomic mass is 32.2. The zero-order chi connectivity index (χ0) is 16.0. The smallest absolute Gasteiger partial charge is 0.292 e. The van der Waals surface area contributed by atoms with Crippen molar-refractivity contribution in [2.45, 2.75) is 11.3 Å². The molecule has 118 valence electrons. The molecule has 2 N–H and O–H groups in total. The Morgan fingerprint density at radius 2 is 2.05 bits per heavy atom. The highest BCUT2D eigenvalue weighted by Crippen LogP contribution is 2.26. The zero-order valence-electron chi connectivity index (χ0n) is 11.7. The van der Waals surface area contributed by atoms with E-state index in [1.54, 1.807) is 6.26 Å². The fourth-order valence-electron chi connectivity index (χ4n) is 1.61. The number of nitro benzene ring substituents is 1. The van der Waals surface area contributed by atoms with Gasteiger partial charge in [0.15, 0.2) is 0 Å². The lowest BCUT2D eigenvalue weighted by atomic mass is 10.3. The van der Waals surface area contributed by atoms with Crippen LogP contribution in [0, 0.1) is 10.1 Å². The van der Waals surface area contributed by atoms with Gasteiger partial charge in [0.05, 0.1) is 9.82 Å². The molecule has 1 atom stereocenters. The van der Waals surface area contributed by atoms with Crippen molar-refractivity contribution in [2.24, 2.45) is 0 Å². The number of hydrogen-bond acceptors (Lipinski definition) is 6. The van der Waals surface area contributed by atoms with E-state index in [0.717, 1.165) is 6.07 Å². The Morgan fingerprint density at radius 3 is 2.57 bits per heavy atom. The first-order valence-corrected chi connectivity index (χ1v) is 9.25. The summed E-state index contributed by atoms with van der Waals surface area (Å²) in [4.78, 5) is 10.1. The minimum Gasteiger partial charge on any atom is -0.383 e. The van der Waals surface area contributed by atoms with Crippen LogP contribution < -0.4 is 10.0 Å². The van der Waals surface area contributed by atoms with E-state index in [2.05, 4.69) is 10.0 Å². The van der Waals surface area contributed by atoms with Crippen LogP contribution in [0.4, 0.5) is 11.4 Å². The summed E-state index contributed by atoms with van der Waals surface area (Å²) in [6.45, 7) is 0.161. The molecule has 8 nitrogen and oxygen atoms in total. The van der Waals surface area contributed by atoms with Gasteiger partial charge in [0.2, 0.25) is 10.0 Å². The first kappa shape index (κ1) is 17.5. The Balaban J connectivity index is 2.88. The van der Waals surface area contributed by atoms with Crippen LogP contribution in [0.1, 0.15) is 6.42 Å². The summed E-state index contributed by atoms with van der Waals surface area (Å²) >= 11 is 0. The molecule has 1 aromatic carbocycles. The largest absolute Gasteiger partial charge is 0.383 e. The first-order chi connectivity index (χ1) is 9.77. The van der Waals surface area contributed by atoms with Crippen LogP contribution in [-0.4, -0.2) is 43.2 Å². The van der Waals surface area contributed by atoms with E-state index < -0.39 is 25.7 Å². The number of rotatable bonds is 8. The highest BCUT2D eigenvalue weighted by Gasteiger charge is 2.19. The maximum Gasteiger partial charge on any atom is 0.292 e. The molecule has 0 spiro atoms. The van der Waals surface area contributed by atoms with Crippen LogP contribution in [0.15, 0.2) is 23.1 Å². The van der Waals surface area contributed by atoms with E-state index in [9.17, 15) is 22.7 Å². The van der Waals surface area contributed by atoms with Crippen LogP contribution in [0.5, 0.6) is 0 Å². The average Bonchev–Trinajstić information content (AvgIpc) is 2.42. The van der Waals surface area contributed by atoms with Crippen molar-refractivity contribution in [2.75, 3.05) is 30.9 Å². The van der Waals surface area contributed by atoms with Crippen LogP contribution in [0.25, 0.3) is 0 Å². The maximum absolute atomic E-state index is 12.0. The van der Waals surface area contributed by atoms with Gasteiger partial charge in [-0.05, 0) is 18.6 Å². The molecule has 10 heteroatoms. The molecule has 1 unspecified atom stereocenters. The third-order valence-corrected chi connectivity index (χ3v) is 4.97. The monoisotopic (exact) mass is 335 g/mol. The number of nitro groups is 1. The Labute approximate surface area is 125 Å². The van der Waals surface area contributed by atoms with Crippen molar-refractivity contribution < 1.29 is 17.6 Å². The summed E-state index contributed by atoms with van der Waals surface area (Å²) in [6.07, 6.45) is 2.00. The number of benzene rings is 1. The minimum atomic E-state index is -3.74. The molecule has 1 aromatic rings. The topological polar surface area (TPSA) is 118 Å². The normalized spacial score (nSPS) is 12.9. The Morgan fingerprint density at radius 1 is 1.38 bits per heavy atom. The molecular formula is C11H17N3O5S2. The molecule has 0 amide bonds. The van der Waals surface area contributed by atoms with Gasteiger partial charge in [0.1, 0.15) is 5.69 Å². The van der Waals surface area contributed by atoms with E-state index in [4.69, 9.17) is 0 Å². The highest BCUT2D eigenvalue weighted by molar-refractivity contribution is 7.89. The second kappa shape index (κ2) is 7.48. The lowest BCUT2D eigenvalue weighted by Crippen LogP contribution is -2.25. The summed E-state index contributed by atoms with van der Waals surface area (Å²) in [7, 11) is -3.24. The van der Waals surface area contributed by atoms with Gasteiger partial charge in [0, 0.05) is 42.5 Å². The molecule has 0 aliphatic rings. The molecule has 0 heterocycles. The standard InChI is InChI=1S/C11H17N3O5S2/c1-12-10-8-9(4-5-11(10)14(15)16)21(18,19)13-6-3-7-20(2)17/h4-5,8,12-13H,3,6-7H2,1-2H3. The van der Waals surface area contributed by atoms with Gasteiger partial charge in [-0.3, -0.25) is 14.3 Å². The molecule has 1 rings (SSSR count). The molecule has 0 saturated carbocycles. The predicted octanol–water partition coefficient (Wildman–Crippen LogP) is 0.683. The number of nitrogens with one attached hydrogen (secondary N) is 2. The number of hydrogen-bond donors (Lipinski definition) is 2. The molecule has 0 saturated heterocycles. The molecule has 0 aliphatic heterocycles.